The summed E-state index contributed by atoms with van der Waals surface area (Å²) < 4.78 is 5.35. The summed E-state index contributed by atoms with van der Waals surface area (Å²) in [7, 11) is 0. The number of unbranched alkanes of at least 4 members (excludes halogenated alkanes) is 7. The minimum absolute atomic E-state index is 0.0415. The number of rotatable bonds is 11. The van der Waals surface area contributed by atoms with Crippen molar-refractivity contribution in [2.24, 2.45) is 5.92 Å². The van der Waals surface area contributed by atoms with Crippen LogP contribution >= 0.6 is 0 Å². The molecule has 2 heteroatoms. The molecular weight excluding hydrogens is 248 g/mol. The first-order valence-electron chi connectivity index (χ1n) is 8.98. The molecule has 0 heterocycles. The van der Waals surface area contributed by atoms with Crippen molar-refractivity contribution in [1.82, 2.24) is 0 Å². The molecule has 1 aliphatic carbocycles. The third-order valence-corrected chi connectivity index (χ3v) is 4.44. The van der Waals surface area contributed by atoms with Crippen LogP contribution in [0.4, 0.5) is 0 Å². The van der Waals surface area contributed by atoms with Crippen molar-refractivity contribution in [3.05, 3.63) is 0 Å². The van der Waals surface area contributed by atoms with E-state index in [1.807, 2.05) is 0 Å². The summed E-state index contributed by atoms with van der Waals surface area (Å²) in [6.45, 7) is 2.89. The van der Waals surface area contributed by atoms with Gasteiger partial charge in [-0.1, -0.05) is 71.1 Å². The van der Waals surface area contributed by atoms with E-state index in [2.05, 4.69) is 6.92 Å². The largest absolute Gasteiger partial charge is 0.466 e. The third-order valence-electron chi connectivity index (χ3n) is 4.44. The molecule has 1 aliphatic rings. The molecule has 2 nitrogen and oxygen atoms in total. The maximum Gasteiger partial charge on any atom is 0.306 e. The summed E-state index contributed by atoms with van der Waals surface area (Å²) in [6, 6.07) is 0. The Labute approximate surface area is 125 Å². The lowest BCUT2D eigenvalue weighted by molar-refractivity contribution is -0.145. The van der Waals surface area contributed by atoms with E-state index < -0.39 is 0 Å². The Hall–Kier alpha value is -0.530. The van der Waals surface area contributed by atoms with Crippen LogP contribution in [0.5, 0.6) is 0 Å². The molecule has 0 saturated heterocycles. The first kappa shape index (κ1) is 17.5. The zero-order valence-corrected chi connectivity index (χ0v) is 13.5. The van der Waals surface area contributed by atoms with Gasteiger partial charge in [0.15, 0.2) is 0 Å². The minimum Gasteiger partial charge on any atom is -0.466 e. The molecule has 0 aliphatic heterocycles. The Bertz CT molecular complexity index is 232. The summed E-state index contributed by atoms with van der Waals surface area (Å²) in [6.07, 6.45) is 17.4. The molecular formula is C18H34O2. The molecule has 0 amide bonds. The lowest BCUT2D eigenvalue weighted by atomic mass is 9.87. The Morgan fingerprint density at radius 2 is 1.50 bits per heavy atom. The molecule has 0 unspecified atom stereocenters. The summed E-state index contributed by atoms with van der Waals surface area (Å²) in [4.78, 5) is 11.7. The van der Waals surface area contributed by atoms with Crippen molar-refractivity contribution in [3.8, 4) is 0 Å². The highest BCUT2D eigenvalue weighted by atomic mass is 16.5. The van der Waals surface area contributed by atoms with Gasteiger partial charge in [0.25, 0.3) is 0 Å². The molecule has 0 aromatic rings. The third kappa shape index (κ3) is 9.39. The van der Waals surface area contributed by atoms with Crippen molar-refractivity contribution in [2.45, 2.75) is 96.8 Å². The number of carbonyl (C=O) groups excluding carboxylic acids is 1. The van der Waals surface area contributed by atoms with E-state index in [1.165, 1.54) is 77.0 Å². The summed E-state index contributed by atoms with van der Waals surface area (Å²) in [5, 5.41) is 0. The topological polar surface area (TPSA) is 26.3 Å². The maximum absolute atomic E-state index is 11.7. The van der Waals surface area contributed by atoms with Crippen LogP contribution in [0, 0.1) is 5.92 Å². The lowest BCUT2D eigenvalue weighted by Gasteiger charge is -2.20. The average Bonchev–Trinajstić information content (AvgIpc) is 2.46. The summed E-state index contributed by atoms with van der Waals surface area (Å²) >= 11 is 0. The van der Waals surface area contributed by atoms with Crippen molar-refractivity contribution < 1.29 is 9.53 Å². The normalized spacial score (nSPS) is 16.2. The predicted octanol–water partition coefficient (Wildman–Crippen LogP) is 5.64. The Morgan fingerprint density at radius 1 is 0.900 bits per heavy atom. The van der Waals surface area contributed by atoms with E-state index >= 15 is 0 Å². The number of esters is 1. The number of hydrogen-bond acceptors (Lipinski definition) is 2. The molecule has 1 fully saturated rings. The van der Waals surface area contributed by atoms with E-state index in [-0.39, 0.29) is 5.97 Å². The smallest absolute Gasteiger partial charge is 0.306 e. The molecule has 0 radical (unpaired) electrons. The number of ether oxygens (including phenoxy) is 1. The van der Waals surface area contributed by atoms with Gasteiger partial charge in [0.2, 0.25) is 0 Å². The molecule has 0 N–H and O–H groups in total. The van der Waals surface area contributed by atoms with Gasteiger partial charge in [-0.2, -0.15) is 0 Å². The fraction of sp³-hybridized carbons (Fsp3) is 0.944. The number of hydrogen-bond donors (Lipinski definition) is 0. The van der Waals surface area contributed by atoms with Crippen LogP contribution in [0.1, 0.15) is 96.8 Å². The summed E-state index contributed by atoms with van der Waals surface area (Å²) in [5.74, 6) is 0.648. The minimum atomic E-state index is 0.0415. The quantitative estimate of drug-likeness (QED) is 0.362. The molecule has 0 aromatic carbocycles. The van der Waals surface area contributed by atoms with Crippen molar-refractivity contribution in [1.29, 1.82) is 0 Å². The van der Waals surface area contributed by atoms with Gasteiger partial charge < -0.3 is 4.74 Å². The van der Waals surface area contributed by atoms with Gasteiger partial charge in [0, 0.05) is 6.42 Å². The van der Waals surface area contributed by atoms with Crippen LogP contribution in [0.15, 0.2) is 0 Å². The zero-order valence-electron chi connectivity index (χ0n) is 13.5. The van der Waals surface area contributed by atoms with Crippen molar-refractivity contribution >= 4 is 5.97 Å². The molecule has 0 spiro atoms. The molecule has 0 aromatic heterocycles. The SMILES string of the molecule is CCCCCCCCCCOC(=O)CC1CCCCC1. The Morgan fingerprint density at radius 3 is 2.15 bits per heavy atom. The Balaban J connectivity index is 1.84. The molecule has 0 bridgehead atoms. The molecule has 118 valence electrons. The van der Waals surface area contributed by atoms with Crippen LogP contribution < -0.4 is 0 Å². The second-order valence-corrected chi connectivity index (χ2v) is 6.40. The standard InChI is InChI=1S/C18H34O2/c1-2-3-4-5-6-7-8-12-15-20-18(19)16-17-13-10-9-11-14-17/h17H,2-16H2,1H3. The molecule has 1 rings (SSSR count). The van der Waals surface area contributed by atoms with Crippen LogP contribution in [0.2, 0.25) is 0 Å². The van der Waals surface area contributed by atoms with E-state index in [9.17, 15) is 4.79 Å². The van der Waals surface area contributed by atoms with Gasteiger partial charge >= 0.3 is 5.97 Å². The van der Waals surface area contributed by atoms with E-state index in [1.54, 1.807) is 0 Å². The van der Waals surface area contributed by atoms with Crippen molar-refractivity contribution in [2.75, 3.05) is 6.61 Å². The molecule has 20 heavy (non-hydrogen) atoms. The zero-order chi connectivity index (χ0) is 14.5. The van der Waals surface area contributed by atoms with Gasteiger partial charge in [-0.05, 0) is 25.2 Å². The van der Waals surface area contributed by atoms with Gasteiger partial charge in [0.1, 0.15) is 0 Å². The van der Waals surface area contributed by atoms with E-state index in [4.69, 9.17) is 4.74 Å². The highest BCUT2D eigenvalue weighted by Gasteiger charge is 2.17. The fourth-order valence-corrected chi connectivity index (χ4v) is 3.11. The van der Waals surface area contributed by atoms with E-state index in [0.717, 1.165) is 6.42 Å². The van der Waals surface area contributed by atoms with Gasteiger partial charge in [-0.25, -0.2) is 0 Å². The highest BCUT2D eigenvalue weighted by molar-refractivity contribution is 5.69. The van der Waals surface area contributed by atoms with Gasteiger partial charge in [-0.3, -0.25) is 4.79 Å². The van der Waals surface area contributed by atoms with Crippen molar-refractivity contribution in [3.63, 3.8) is 0 Å². The molecule has 1 saturated carbocycles. The van der Waals surface area contributed by atoms with Crippen LogP contribution in [-0.4, -0.2) is 12.6 Å². The predicted molar refractivity (Wildman–Crippen MR) is 84.8 cm³/mol. The average molecular weight is 282 g/mol. The second kappa shape index (κ2) is 12.2. The second-order valence-electron chi connectivity index (χ2n) is 6.40. The first-order valence-corrected chi connectivity index (χ1v) is 8.98. The van der Waals surface area contributed by atoms with Crippen LogP contribution in [0.3, 0.4) is 0 Å². The first-order chi connectivity index (χ1) is 9.83. The lowest BCUT2D eigenvalue weighted by Crippen LogP contribution is -2.14. The molecule has 0 atom stereocenters. The van der Waals surface area contributed by atoms with Gasteiger partial charge in [-0.15, -0.1) is 0 Å². The highest BCUT2D eigenvalue weighted by Crippen LogP contribution is 2.26. The van der Waals surface area contributed by atoms with Gasteiger partial charge in [0.05, 0.1) is 6.61 Å². The summed E-state index contributed by atoms with van der Waals surface area (Å²) in [5.41, 5.74) is 0. The monoisotopic (exact) mass is 282 g/mol. The Kier molecular flexibility index (Phi) is 10.7. The maximum atomic E-state index is 11.7. The van der Waals surface area contributed by atoms with Crippen LogP contribution in [0.25, 0.3) is 0 Å². The van der Waals surface area contributed by atoms with Crippen LogP contribution in [-0.2, 0) is 9.53 Å². The fourth-order valence-electron chi connectivity index (χ4n) is 3.11. The number of carbonyl (C=O) groups is 1. The van der Waals surface area contributed by atoms with E-state index in [0.29, 0.717) is 18.9 Å².